The summed E-state index contributed by atoms with van der Waals surface area (Å²) < 4.78 is 54.6. The fourth-order valence-electron chi connectivity index (χ4n) is 7.34. The average Bonchev–Trinajstić information content (AvgIpc) is 3.53. The highest BCUT2D eigenvalue weighted by molar-refractivity contribution is 5.94. The molecule has 2 atom stereocenters. The molecule has 4 heterocycles. The maximum absolute atomic E-state index is 12.8. The van der Waals surface area contributed by atoms with Gasteiger partial charge in [0.25, 0.3) is 5.91 Å². The molecule has 0 aliphatic rings. The molecule has 0 bridgehead atoms. The molecule has 8 rings (SSSR count). The molecule has 22 nitrogen and oxygen atoms in total. The van der Waals surface area contributed by atoms with Crippen molar-refractivity contribution in [2.75, 3.05) is 46.7 Å². The lowest BCUT2D eigenvalue weighted by Gasteiger charge is -2.15. The number of carbonyl (C=O) groups is 4. The molecule has 8 aromatic rings. The normalized spacial score (nSPS) is 11.7. The van der Waals surface area contributed by atoms with Crippen LogP contribution in [0, 0.1) is 0 Å². The molecule has 0 radical (unpaired) electrons. The number of hydrogen-bond donors (Lipinski definition) is 4. The highest BCUT2D eigenvalue weighted by Gasteiger charge is 2.21. The summed E-state index contributed by atoms with van der Waals surface area (Å²) in [6.45, 7) is 3.29. The van der Waals surface area contributed by atoms with Crippen LogP contribution in [0.5, 0.6) is 23.0 Å². The zero-order valence-corrected chi connectivity index (χ0v) is 41.7. The first-order valence-corrected chi connectivity index (χ1v) is 24.0. The molecule has 4 N–H and O–H groups in total. The minimum absolute atomic E-state index is 0. The van der Waals surface area contributed by atoms with E-state index < -0.39 is 63.5 Å². The van der Waals surface area contributed by atoms with Crippen molar-refractivity contribution in [3.63, 3.8) is 0 Å². The number of ether oxygens (including phenoxy) is 6. The second kappa shape index (κ2) is 27.0. The molecule has 1 amide bonds. The minimum atomic E-state index is -1.38. The predicted octanol–water partition coefficient (Wildman–Crippen LogP) is 7.04. The molecule has 0 saturated carbocycles. The van der Waals surface area contributed by atoms with E-state index in [4.69, 9.17) is 51.2 Å². The topological polar surface area (TPSA) is 317 Å². The number of carbonyl (C=O) groups excluding carboxylic acids is 3. The van der Waals surface area contributed by atoms with Gasteiger partial charge in [0, 0.05) is 31.3 Å². The van der Waals surface area contributed by atoms with E-state index in [1.165, 1.54) is 61.6 Å². The zero-order chi connectivity index (χ0) is 55.2. The first-order valence-electron chi connectivity index (χ1n) is 24.0. The van der Waals surface area contributed by atoms with Gasteiger partial charge in [0.05, 0.1) is 13.2 Å². The van der Waals surface area contributed by atoms with Crippen molar-refractivity contribution in [1.82, 2.24) is 5.32 Å². The van der Waals surface area contributed by atoms with Crippen molar-refractivity contribution in [2.45, 2.75) is 59.2 Å². The number of nitrogens with one attached hydrogen (secondary N) is 1. The molecule has 2 unspecified atom stereocenters. The first kappa shape index (κ1) is 58.0. The van der Waals surface area contributed by atoms with Crippen molar-refractivity contribution in [3.8, 4) is 23.0 Å². The third-order valence-corrected chi connectivity index (χ3v) is 11.1. The van der Waals surface area contributed by atoms with Crippen LogP contribution in [0.15, 0.2) is 134 Å². The largest absolute Gasteiger partial charge is 0.490 e. The van der Waals surface area contributed by atoms with Crippen LogP contribution in [0.1, 0.15) is 89.2 Å². The summed E-state index contributed by atoms with van der Waals surface area (Å²) in [5.74, 6) is -3.93. The number of benzene rings is 4. The zero-order valence-electron chi connectivity index (χ0n) is 41.7. The Morgan fingerprint density at radius 1 is 0.487 bits per heavy atom. The van der Waals surface area contributed by atoms with E-state index in [2.05, 4.69) is 5.32 Å². The van der Waals surface area contributed by atoms with Gasteiger partial charge in [-0.3, -0.25) is 24.0 Å². The van der Waals surface area contributed by atoms with Crippen LogP contribution in [0.2, 0.25) is 0 Å². The Bertz CT molecular complexity index is 3700. The fourth-order valence-corrected chi connectivity index (χ4v) is 7.34. The van der Waals surface area contributed by atoms with Crippen LogP contribution in [-0.2, 0) is 9.47 Å². The molecule has 0 spiro atoms. The fraction of sp³-hybridized carbons (Fsp3) is 0.286. The number of aliphatic hydroxyl groups excluding tert-OH is 2. The summed E-state index contributed by atoms with van der Waals surface area (Å²) >= 11 is 0. The van der Waals surface area contributed by atoms with Gasteiger partial charge in [-0.15, -0.1) is 0 Å². The van der Waals surface area contributed by atoms with Crippen molar-refractivity contribution < 1.29 is 80.6 Å². The Kier molecular flexibility index (Phi) is 20.1. The summed E-state index contributed by atoms with van der Waals surface area (Å²) in [5, 5.41) is 32.7. The first-order chi connectivity index (χ1) is 37.1. The number of aliphatic hydroxyl groups is 2. The van der Waals surface area contributed by atoms with Crippen LogP contribution < -0.4 is 46.0 Å². The molecule has 0 aliphatic carbocycles. The Morgan fingerprint density at radius 2 is 0.782 bits per heavy atom. The number of hydrogen-bond acceptors (Lipinski definition) is 20. The average molecular weight is 1080 g/mol. The standard InChI is InChI=1S/C28H27NO10.C27H24O11.CH4/c1-3-4-11-35-28(34)24-13-18(32)26-20(8-6-10-22(26)39-24)37-15-16(30)14-36-19-7-5-9-21-25(19)17(31)12-23(38-21)27(33)29-2;1-2-3-10-34-27(33)23-12-17(30)25-19(7-5-9-21(25)38-23)36-14-15(28)13-35-18-6-4-8-20-24(18)16(29)11-22(37-20)26(31)32;/h5-10,12-13,16,30H,3-4,11,14-15H2,1-2H3,(H,29,33);4-9,11-12,15,28H,2-3,10,13-14H2,1H3,(H,31,32);1H4. The third-order valence-electron chi connectivity index (χ3n) is 11.1. The minimum Gasteiger partial charge on any atom is -0.490 e. The molecule has 0 saturated heterocycles. The Labute approximate surface area is 442 Å². The predicted molar refractivity (Wildman–Crippen MR) is 281 cm³/mol. The highest BCUT2D eigenvalue weighted by atomic mass is 16.6. The Morgan fingerprint density at radius 3 is 1.09 bits per heavy atom. The van der Waals surface area contributed by atoms with E-state index >= 15 is 0 Å². The summed E-state index contributed by atoms with van der Waals surface area (Å²) in [6, 6.07) is 22.3. The van der Waals surface area contributed by atoms with E-state index in [0.717, 1.165) is 37.1 Å². The van der Waals surface area contributed by atoms with Gasteiger partial charge >= 0.3 is 17.9 Å². The maximum Gasteiger partial charge on any atom is 0.374 e. The van der Waals surface area contributed by atoms with Gasteiger partial charge in [0.1, 0.15) is 106 Å². The van der Waals surface area contributed by atoms with Gasteiger partial charge in [-0.2, -0.15) is 0 Å². The summed E-state index contributed by atoms with van der Waals surface area (Å²) in [5.41, 5.74) is -1.68. The number of carboxylic acids is 1. The van der Waals surface area contributed by atoms with E-state index in [0.29, 0.717) is 12.8 Å². The van der Waals surface area contributed by atoms with Gasteiger partial charge in [0.2, 0.25) is 17.3 Å². The number of carboxylic acid groups (broad SMARTS) is 1. The number of rotatable bonds is 22. The number of aromatic carboxylic acids is 1. The monoisotopic (exact) mass is 1080 g/mol. The van der Waals surface area contributed by atoms with Gasteiger partial charge in [-0.05, 0) is 61.4 Å². The van der Waals surface area contributed by atoms with Crippen LogP contribution in [-0.4, -0.2) is 98.0 Å². The van der Waals surface area contributed by atoms with Crippen molar-refractivity contribution in [2.24, 2.45) is 0 Å². The van der Waals surface area contributed by atoms with Crippen LogP contribution >= 0.6 is 0 Å². The van der Waals surface area contributed by atoms with Gasteiger partial charge in [-0.25, -0.2) is 14.4 Å². The molecular formula is C56H55NO21. The number of fused-ring (bicyclic) bond motifs is 4. The van der Waals surface area contributed by atoms with Crippen molar-refractivity contribution >= 4 is 67.7 Å². The van der Waals surface area contributed by atoms with E-state index in [1.807, 2.05) is 13.8 Å². The lowest BCUT2D eigenvalue weighted by Crippen LogP contribution is -2.25. The quantitative estimate of drug-likeness (QED) is 0.0390. The molecule has 78 heavy (non-hydrogen) atoms. The Hall–Kier alpha value is -9.28. The second-order valence-corrected chi connectivity index (χ2v) is 16.8. The molecule has 0 aliphatic heterocycles. The van der Waals surface area contributed by atoms with Crippen molar-refractivity contribution in [1.29, 1.82) is 0 Å². The number of esters is 2. The van der Waals surface area contributed by atoms with Crippen LogP contribution in [0.25, 0.3) is 43.9 Å². The third kappa shape index (κ3) is 14.1. The van der Waals surface area contributed by atoms with E-state index in [-0.39, 0.29) is 131 Å². The lowest BCUT2D eigenvalue weighted by molar-refractivity contribution is 0.0455. The molecule has 4 aromatic heterocycles. The van der Waals surface area contributed by atoms with Crippen molar-refractivity contribution in [3.05, 3.63) is 161 Å². The van der Waals surface area contributed by atoms with Crippen LogP contribution in [0.3, 0.4) is 0 Å². The molecular weight excluding hydrogens is 1020 g/mol. The molecule has 0 fully saturated rings. The maximum atomic E-state index is 12.8. The lowest BCUT2D eigenvalue weighted by atomic mass is 10.2. The summed E-state index contributed by atoms with van der Waals surface area (Å²) in [6.07, 6.45) is 0.757. The number of unbranched alkanes of at least 4 members (excludes halogenated alkanes) is 2. The second-order valence-electron chi connectivity index (χ2n) is 16.8. The van der Waals surface area contributed by atoms with Gasteiger partial charge in [0.15, 0.2) is 27.5 Å². The molecule has 4 aromatic carbocycles. The highest BCUT2D eigenvalue weighted by Crippen LogP contribution is 2.28. The Balaban J connectivity index is 0.000000249. The van der Waals surface area contributed by atoms with E-state index in [1.54, 1.807) is 18.2 Å². The SMILES string of the molecule is C.CCCCOC(=O)c1cc(=O)c2c(OCC(O)COc3cccc4oc(C(=O)NC)cc(=O)c34)cccc2o1.CCCCOC(=O)c1cc(=O)c2c(OCC(O)COc3cccc4oc(C(=O)O)cc(=O)c34)cccc2o1. The number of amides is 1. The van der Waals surface area contributed by atoms with Crippen LogP contribution in [0.4, 0.5) is 0 Å². The summed E-state index contributed by atoms with van der Waals surface area (Å²) in [7, 11) is 1.42. The van der Waals surface area contributed by atoms with Gasteiger partial charge in [-0.1, -0.05) is 58.4 Å². The molecule has 410 valence electrons. The summed E-state index contributed by atoms with van der Waals surface area (Å²) in [4.78, 5) is 97.8. The molecule has 22 heteroatoms. The smallest absolute Gasteiger partial charge is 0.374 e. The van der Waals surface area contributed by atoms with Gasteiger partial charge < -0.3 is 66.7 Å². The van der Waals surface area contributed by atoms with E-state index in [9.17, 15) is 48.6 Å².